The summed E-state index contributed by atoms with van der Waals surface area (Å²) in [7, 11) is 1.95. The summed E-state index contributed by atoms with van der Waals surface area (Å²) in [6.07, 6.45) is 3.72. The van der Waals surface area contributed by atoms with Crippen molar-refractivity contribution in [2.45, 2.75) is 166 Å². The van der Waals surface area contributed by atoms with Crippen molar-refractivity contribution in [3.8, 4) is 0 Å². The van der Waals surface area contributed by atoms with E-state index < -0.39 is 19.3 Å². The summed E-state index contributed by atoms with van der Waals surface area (Å²) in [5.74, 6) is 0.0900. The van der Waals surface area contributed by atoms with Gasteiger partial charge in [-0.3, -0.25) is 9.59 Å². The Balaban J connectivity index is -0.000000135. The van der Waals surface area contributed by atoms with Crippen LogP contribution in [0.4, 0.5) is 0 Å². The Hall–Kier alpha value is -1.01. The molecule has 0 aromatic carbocycles. The SMILES string of the molecule is CC(C)CCC(=O)O.CC(C)OC(O)CO.CC(C)OCCN1CCCC1=O.CC(C)OCCO.CC(C)OCC[P+](=O)[S-].COC(C)C.COCCOC(C)C. The van der Waals surface area contributed by atoms with Gasteiger partial charge in [0.05, 0.1) is 82.9 Å². The second-order valence-electron chi connectivity index (χ2n) is 14.4. The van der Waals surface area contributed by atoms with Crippen molar-refractivity contribution in [3.63, 3.8) is 0 Å². The number of carboxylic acid groups (broad SMARTS) is 1. The van der Waals surface area contributed by atoms with E-state index in [1.54, 1.807) is 28.1 Å². The number of nitrogens with zero attached hydrogens (tertiary/aromatic N) is 1. The molecule has 1 fully saturated rings. The van der Waals surface area contributed by atoms with E-state index in [9.17, 15) is 14.2 Å². The van der Waals surface area contributed by atoms with Crippen molar-refractivity contribution < 1.29 is 67.7 Å². The number of aliphatic hydroxyl groups excluding tert-OH is 3. The van der Waals surface area contributed by atoms with Gasteiger partial charge < -0.3 is 70.7 Å². The second-order valence-corrected chi connectivity index (χ2v) is 16.7. The fourth-order valence-corrected chi connectivity index (χ4v) is 3.60. The molecule has 2 atom stereocenters. The predicted octanol–water partition coefficient (Wildman–Crippen LogP) is 6.47. The van der Waals surface area contributed by atoms with Crippen molar-refractivity contribution in [3.05, 3.63) is 0 Å². The lowest BCUT2D eigenvalue weighted by molar-refractivity contribution is -0.146. The zero-order valence-corrected chi connectivity index (χ0v) is 40.4. The average molecular weight is 870 g/mol. The molecule has 0 spiro atoms. The van der Waals surface area contributed by atoms with Gasteiger partial charge in [-0.2, -0.15) is 0 Å². The summed E-state index contributed by atoms with van der Waals surface area (Å²) in [4.78, 5) is 22.9. The minimum Gasteiger partial charge on any atom is -0.481 e. The van der Waals surface area contributed by atoms with Crippen molar-refractivity contribution in [2.24, 2.45) is 5.92 Å². The number of carbonyl (C=O) groups excluding carboxylic acids is 1. The van der Waals surface area contributed by atoms with E-state index in [1.807, 2.05) is 88.0 Å². The van der Waals surface area contributed by atoms with Gasteiger partial charge in [-0.1, -0.05) is 13.8 Å². The lowest BCUT2D eigenvalue weighted by Gasteiger charge is -2.16. The fourth-order valence-electron chi connectivity index (χ4n) is 3.13. The van der Waals surface area contributed by atoms with Crippen LogP contribution in [0.1, 0.15) is 123 Å². The van der Waals surface area contributed by atoms with Crippen molar-refractivity contribution >= 4 is 31.1 Å². The monoisotopic (exact) mass is 870 g/mol. The maximum atomic E-state index is 11.1. The Morgan fingerprint density at radius 3 is 1.46 bits per heavy atom. The van der Waals surface area contributed by atoms with E-state index in [0.29, 0.717) is 63.7 Å². The molecule has 4 N–H and O–H groups in total. The Labute approximate surface area is 354 Å². The molecule has 1 amide bonds. The van der Waals surface area contributed by atoms with Gasteiger partial charge in [-0.05, 0) is 102 Å². The molecule has 1 heterocycles. The van der Waals surface area contributed by atoms with Gasteiger partial charge in [0, 0.05) is 40.2 Å². The van der Waals surface area contributed by atoms with E-state index in [4.69, 9.17) is 53.6 Å². The quantitative estimate of drug-likeness (QED) is 0.0399. The summed E-state index contributed by atoms with van der Waals surface area (Å²) in [6, 6.07) is 0. The highest BCUT2D eigenvalue weighted by Crippen LogP contribution is 2.14. The highest BCUT2D eigenvalue weighted by Gasteiger charge is 2.19. The van der Waals surface area contributed by atoms with Crippen molar-refractivity contribution in [1.82, 2.24) is 4.90 Å². The molecule has 348 valence electrons. The van der Waals surface area contributed by atoms with Crippen LogP contribution >= 0.6 is 7.00 Å². The smallest absolute Gasteiger partial charge is 0.303 e. The lowest BCUT2D eigenvalue weighted by atomic mass is 10.1. The minimum atomic E-state index is -1.42. The minimum absolute atomic E-state index is 0.0304. The predicted molar refractivity (Wildman–Crippen MR) is 232 cm³/mol. The molecule has 0 radical (unpaired) electrons. The summed E-state index contributed by atoms with van der Waals surface area (Å²) in [5.41, 5.74) is 0. The molecule has 57 heavy (non-hydrogen) atoms. The molecule has 1 rings (SSSR count). The first-order valence-corrected chi connectivity index (χ1v) is 22.5. The van der Waals surface area contributed by atoms with Crippen LogP contribution in [0.15, 0.2) is 0 Å². The number of likely N-dealkylation sites (tertiary alicyclic amines) is 1. The van der Waals surface area contributed by atoms with Gasteiger partial charge in [0.25, 0.3) is 0 Å². The largest absolute Gasteiger partial charge is 0.481 e. The molecule has 1 saturated heterocycles. The molecule has 0 bridgehead atoms. The van der Waals surface area contributed by atoms with Gasteiger partial charge in [-0.15, -0.1) is 4.57 Å². The van der Waals surface area contributed by atoms with Crippen LogP contribution in [0, 0.1) is 5.92 Å². The maximum absolute atomic E-state index is 11.1. The van der Waals surface area contributed by atoms with Crippen LogP contribution < -0.4 is 0 Å². The van der Waals surface area contributed by atoms with Crippen LogP contribution in [0.5, 0.6) is 0 Å². The van der Waals surface area contributed by atoms with Crippen LogP contribution in [0.3, 0.4) is 0 Å². The first-order valence-electron chi connectivity index (χ1n) is 20.1. The van der Waals surface area contributed by atoms with Gasteiger partial charge in [0.2, 0.25) is 12.9 Å². The fraction of sp³-hybridized carbons (Fsp3) is 0.950. The number of carbonyl (C=O) groups is 2. The number of hydrogen-bond donors (Lipinski definition) is 4. The Morgan fingerprint density at radius 1 is 0.737 bits per heavy atom. The number of ether oxygens (including phenoxy) is 7. The molecular weight excluding hydrogens is 781 g/mol. The van der Waals surface area contributed by atoms with E-state index in [1.165, 1.54) is 0 Å². The Bertz CT molecular complexity index is 838. The molecule has 0 saturated carbocycles. The average Bonchev–Trinajstić information content (AvgIpc) is 3.51. The van der Waals surface area contributed by atoms with Crippen molar-refractivity contribution in [1.29, 1.82) is 0 Å². The Kier molecular flexibility index (Phi) is 60.8. The van der Waals surface area contributed by atoms with Crippen LogP contribution in [-0.4, -0.2) is 160 Å². The van der Waals surface area contributed by atoms with Gasteiger partial charge in [0.1, 0.15) is 6.16 Å². The number of rotatable bonds is 22. The lowest BCUT2D eigenvalue weighted by Crippen LogP contribution is -2.29. The van der Waals surface area contributed by atoms with Crippen molar-refractivity contribution in [2.75, 3.05) is 79.7 Å². The molecule has 2 unspecified atom stereocenters. The number of aliphatic hydroxyl groups is 3. The van der Waals surface area contributed by atoms with E-state index >= 15 is 0 Å². The first-order chi connectivity index (χ1) is 26.4. The van der Waals surface area contributed by atoms with Crippen LogP contribution in [-0.2, 0) is 59.6 Å². The third kappa shape index (κ3) is 83.5. The molecule has 0 aromatic rings. The second kappa shape index (κ2) is 51.1. The summed E-state index contributed by atoms with van der Waals surface area (Å²) in [5, 5.41) is 33.1. The maximum Gasteiger partial charge on any atom is 0.303 e. The number of hydrogen-bond acceptors (Lipinski definition) is 14. The molecule has 1 aliphatic rings. The number of methoxy groups -OCH3 is 2. The van der Waals surface area contributed by atoms with Crippen LogP contribution in [0.2, 0.25) is 0 Å². The van der Waals surface area contributed by atoms with Gasteiger partial charge in [-0.25, -0.2) is 0 Å². The van der Waals surface area contributed by atoms with Gasteiger partial charge in [0.15, 0.2) is 6.29 Å². The molecule has 17 heteroatoms. The molecule has 0 aromatic heterocycles. The third-order valence-corrected chi connectivity index (χ3v) is 7.08. The first kappa shape index (κ1) is 67.8. The van der Waals surface area contributed by atoms with E-state index in [0.717, 1.165) is 32.4 Å². The third-order valence-electron chi connectivity index (χ3n) is 5.98. The highest BCUT2D eigenvalue weighted by atomic mass is 32.7. The summed E-state index contributed by atoms with van der Waals surface area (Å²) < 4.78 is 45.1. The van der Waals surface area contributed by atoms with Crippen LogP contribution in [0.25, 0.3) is 0 Å². The number of aliphatic carboxylic acids is 1. The van der Waals surface area contributed by atoms with E-state index in [-0.39, 0.29) is 43.5 Å². The molecule has 1 aliphatic heterocycles. The Morgan fingerprint density at radius 2 is 1.19 bits per heavy atom. The molecule has 15 nitrogen and oxygen atoms in total. The topological polar surface area (TPSA) is 200 Å². The zero-order valence-electron chi connectivity index (χ0n) is 38.7. The standard InChI is InChI=1S/C9H17NO2.C6H14O2.C6H12O2.C5H12O3.C5H11O2PS.C5H12O2.C4H10O/c1-8(2)12-7-6-10-5-3-4-9(10)11;1-6(2)8-5-4-7-3;1-5(2)3-4-6(7)8;1-4(2)8-5(7)3-6;1-5(2)7-3-4-8(6)9;1-5(2)7-4-3-6;1-4(2)5-3/h8H,3-7H2,1-2H3;6H,4-5H2,1-3H3;5H,3-4H2,1-2H3,(H,7,8);4-7H,3H2,1-2H3;5H,3-4H2,1-2H3;5-6H,3-4H2,1-2H3;4H,1-3H3. The zero-order chi connectivity index (χ0) is 45.8. The number of amides is 1. The number of carboxylic acids is 1. The molecular formula is C40H88NO14PS. The van der Waals surface area contributed by atoms with Gasteiger partial charge >= 0.3 is 5.97 Å². The normalized spacial score (nSPS) is 12.7. The summed E-state index contributed by atoms with van der Waals surface area (Å²) >= 11 is 4.46. The van der Waals surface area contributed by atoms with E-state index in [2.05, 4.69) is 12.2 Å². The summed E-state index contributed by atoms with van der Waals surface area (Å²) in [6.45, 7) is 31.9. The molecule has 0 aliphatic carbocycles. The highest BCUT2D eigenvalue weighted by molar-refractivity contribution is 8.27.